The summed E-state index contributed by atoms with van der Waals surface area (Å²) in [6, 6.07) is 59.6. The van der Waals surface area contributed by atoms with Crippen molar-refractivity contribution in [3.05, 3.63) is 176 Å². The fourth-order valence-corrected chi connectivity index (χ4v) is 7.40. The number of benzene rings is 7. The Kier molecular flexibility index (Phi) is 7.03. The van der Waals surface area contributed by atoms with Gasteiger partial charge in [0.05, 0.1) is 22.4 Å². The summed E-state index contributed by atoms with van der Waals surface area (Å²) in [4.78, 5) is 19.7. The van der Waals surface area contributed by atoms with Crippen LogP contribution in [0.25, 0.3) is 107 Å². The van der Waals surface area contributed by atoms with Crippen LogP contribution in [0.4, 0.5) is 0 Å². The first-order chi connectivity index (χ1) is 27.2. The third-order valence-corrected chi connectivity index (χ3v) is 10.1. The minimum absolute atomic E-state index is 0.574. The Hall–Kier alpha value is -7.64. The zero-order valence-corrected chi connectivity index (χ0v) is 29.3. The SMILES string of the molecule is c1ccc(-n2c3ccccc3c3cc(-c4cc(-c5ccc(-c6nc7ccccc7o6)cc5)nc(-c5ccc(-c6nc7ccccc7o6)cc5)n4)ccc32)cc1. The lowest BCUT2D eigenvalue weighted by Crippen LogP contribution is -1.96. The summed E-state index contributed by atoms with van der Waals surface area (Å²) in [5.74, 6) is 1.77. The predicted molar refractivity (Wildman–Crippen MR) is 219 cm³/mol. The number of nitrogens with zero attached hydrogens (tertiary/aromatic N) is 5. The largest absolute Gasteiger partial charge is 0.436 e. The summed E-state index contributed by atoms with van der Waals surface area (Å²) in [5, 5.41) is 2.34. The molecule has 0 aliphatic carbocycles. The van der Waals surface area contributed by atoms with E-state index < -0.39 is 0 Å². The Labute approximate surface area is 314 Å². The van der Waals surface area contributed by atoms with Crippen LogP contribution in [0.2, 0.25) is 0 Å². The highest BCUT2D eigenvalue weighted by Gasteiger charge is 2.17. The summed E-state index contributed by atoms with van der Waals surface area (Å²) < 4.78 is 14.4. The van der Waals surface area contributed by atoms with Crippen LogP contribution in [0.15, 0.2) is 185 Å². The normalized spacial score (nSPS) is 11.6. The summed E-state index contributed by atoms with van der Waals surface area (Å²) in [7, 11) is 0. The van der Waals surface area contributed by atoms with E-state index in [-0.39, 0.29) is 0 Å². The van der Waals surface area contributed by atoms with Crippen molar-refractivity contribution in [2.75, 3.05) is 0 Å². The van der Waals surface area contributed by atoms with Crippen LogP contribution in [0.3, 0.4) is 0 Å². The molecule has 0 saturated heterocycles. The van der Waals surface area contributed by atoms with Crippen LogP contribution in [0.5, 0.6) is 0 Å². The third kappa shape index (κ3) is 5.37. The molecule has 7 aromatic carbocycles. The van der Waals surface area contributed by atoms with Gasteiger partial charge in [-0.3, -0.25) is 0 Å². The monoisotopic (exact) mass is 707 g/mol. The molecule has 0 bridgehead atoms. The van der Waals surface area contributed by atoms with Crippen molar-refractivity contribution < 1.29 is 8.83 Å². The number of fused-ring (bicyclic) bond motifs is 5. The molecule has 0 amide bonds. The Morgan fingerprint density at radius 2 is 0.873 bits per heavy atom. The summed E-state index contributed by atoms with van der Waals surface area (Å²) in [6.07, 6.45) is 0. The Morgan fingerprint density at radius 1 is 0.364 bits per heavy atom. The number of aromatic nitrogens is 5. The molecule has 11 rings (SSSR count). The number of hydrogen-bond donors (Lipinski definition) is 0. The first kappa shape index (κ1) is 30.9. The van der Waals surface area contributed by atoms with Gasteiger partial charge < -0.3 is 13.4 Å². The van der Waals surface area contributed by atoms with Gasteiger partial charge in [-0.1, -0.05) is 91.0 Å². The molecule has 0 N–H and O–H groups in total. The molecule has 0 spiro atoms. The highest BCUT2D eigenvalue weighted by molar-refractivity contribution is 6.10. The van der Waals surface area contributed by atoms with Gasteiger partial charge in [0.1, 0.15) is 11.0 Å². The maximum absolute atomic E-state index is 6.06. The zero-order valence-electron chi connectivity index (χ0n) is 29.3. The summed E-state index contributed by atoms with van der Waals surface area (Å²) in [6.45, 7) is 0. The van der Waals surface area contributed by atoms with Crippen molar-refractivity contribution in [2.45, 2.75) is 0 Å². The molecule has 11 aromatic rings. The van der Waals surface area contributed by atoms with E-state index in [9.17, 15) is 0 Å². The molecule has 0 saturated carbocycles. The third-order valence-electron chi connectivity index (χ3n) is 10.1. The van der Waals surface area contributed by atoms with Gasteiger partial charge >= 0.3 is 0 Å². The van der Waals surface area contributed by atoms with Gasteiger partial charge in [-0.05, 0) is 84.9 Å². The molecule has 258 valence electrons. The maximum Gasteiger partial charge on any atom is 0.227 e. The van der Waals surface area contributed by atoms with Gasteiger partial charge in [0.2, 0.25) is 11.8 Å². The molecule has 0 unspecified atom stereocenters. The van der Waals surface area contributed by atoms with Crippen molar-refractivity contribution >= 4 is 44.0 Å². The Bertz CT molecular complexity index is 2990. The van der Waals surface area contributed by atoms with Crippen LogP contribution < -0.4 is 0 Å². The van der Waals surface area contributed by atoms with E-state index in [1.807, 2.05) is 91.0 Å². The molecule has 4 heterocycles. The van der Waals surface area contributed by atoms with Crippen molar-refractivity contribution in [1.29, 1.82) is 0 Å². The molecular weight excluding hydrogens is 679 g/mol. The molecule has 4 aromatic heterocycles. The first-order valence-corrected chi connectivity index (χ1v) is 18.1. The molecule has 7 nitrogen and oxygen atoms in total. The van der Waals surface area contributed by atoms with Gasteiger partial charge in [-0.25, -0.2) is 19.9 Å². The second kappa shape index (κ2) is 12.5. The molecule has 0 aliphatic heterocycles. The number of rotatable bonds is 6. The van der Waals surface area contributed by atoms with Gasteiger partial charge in [0.25, 0.3) is 0 Å². The van der Waals surface area contributed by atoms with Crippen molar-refractivity contribution in [1.82, 2.24) is 24.5 Å². The van der Waals surface area contributed by atoms with E-state index >= 15 is 0 Å². The topological polar surface area (TPSA) is 82.8 Å². The number of oxazole rings is 2. The lowest BCUT2D eigenvalue weighted by Gasteiger charge is -2.11. The quantitative estimate of drug-likeness (QED) is 0.171. The summed E-state index contributed by atoms with van der Waals surface area (Å²) in [5.41, 5.74) is 12.8. The molecule has 0 atom stereocenters. The molecular formula is C48H29N5O2. The fourth-order valence-electron chi connectivity index (χ4n) is 7.40. The van der Waals surface area contributed by atoms with Crippen LogP contribution in [-0.4, -0.2) is 24.5 Å². The van der Waals surface area contributed by atoms with E-state index in [4.69, 9.17) is 28.8 Å². The highest BCUT2D eigenvalue weighted by atomic mass is 16.4. The van der Waals surface area contributed by atoms with E-state index in [1.165, 1.54) is 5.39 Å². The van der Waals surface area contributed by atoms with Gasteiger partial charge in [0.15, 0.2) is 17.0 Å². The lowest BCUT2D eigenvalue weighted by atomic mass is 10.0. The second-order valence-electron chi connectivity index (χ2n) is 13.5. The van der Waals surface area contributed by atoms with Crippen LogP contribution in [0, 0.1) is 0 Å². The minimum atomic E-state index is 0.574. The van der Waals surface area contributed by atoms with Gasteiger partial charge in [-0.15, -0.1) is 0 Å². The minimum Gasteiger partial charge on any atom is -0.436 e. The first-order valence-electron chi connectivity index (χ1n) is 18.1. The van der Waals surface area contributed by atoms with Gasteiger partial charge in [-0.2, -0.15) is 0 Å². The van der Waals surface area contributed by atoms with E-state index in [0.29, 0.717) is 17.6 Å². The van der Waals surface area contributed by atoms with Crippen molar-refractivity contribution in [2.24, 2.45) is 0 Å². The van der Waals surface area contributed by atoms with Crippen molar-refractivity contribution in [3.63, 3.8) is 0 Å². The number of para-hydroxylation sites is 6. The molecule has 0 radical (unpaired) electrons. The maximum atomic E-state index is 6.06. The van der Waals surface area contributed by atoms with E-state index in [2.05, 4.69) is 89.5 Å². The van der Waals surface area contributed by atoms with Crippen LogP contribution >= 0.6 is 0 Å². The average Bonchev–Trinajstić information content (AvgIpc) is 3.98. The molecule has 55 heavy (non-hydrogen) atoms. The lowest BCUT2D eigenvalue weighted by molar-refractivity contribution is 0.619. The molecule has 7 heteroatoms. The summed E-state index contributed by atoms with van der Waals surface area (Å²) >= 11 is 0. The van der Waals surface area contributed by atoms with Crippen molar-refractivity contribution in [3.8, 4) is 62.5 Å². The second-order valence-corrected chi connectivity index (χ2v) is 13.5. The average molecular weight is 708 g/mol. The smallest absolute Gasteiger partial charge is 0.227 e. The Morgan fingerprint density at radius 3 is 1.53 bits per heavy atom. The highest BCUT2D eigenvalue weighted by Crippen LogP contribution is 2.36. The number of hydrogen-bond acceptors (Lipinski definition) is 6. The Balaban J connectivity index is 1.04. The molecule has 0 aliphatic rings. The standard InChI is InChI=1S/C48H29N5O2/c1-2-10-35(11-3-1)53-42-15-7-4-12-36(42)37-28-34(26-27-43(37)53)41-29-40(30-18-22-32(23-19-30)47-51-38-13-5-8-16-44(38)54-47)49-46(50-41)31-20-24-33(25-21-31)48-52-39-14-6-9-17-45(39)55-48/h1-29H. The van der Waals surface area contributed by atoms with Crippen LogP contribution in [0.1, 0.15) is 0 Å². The van der Waals surface area contributed by atoms with Crippen LogP contribution in [-0.2, 0) is 0 Å². The van der Waals surface area contributed by atoms with Gasteiger partial charge in [0, 0.05) is 44.3 Å². The predicted octanol–water partition coefficient (Wildman–Crippen LogP) is 12.2. The molecule has 0 fully saturated rings. The van der Waals surface area contributed by atoms with E-state index in [1.54, 1.807) is 0 Å². The zero-order chi connectivity index (χ0) is 36.3. The fraction of sp³-hybridized carbons (Fsp3) is 0. The van der Waals surface area contributed by atoms with E-state index in [0.717, 1.165) is 83.5 Å².